The van der Waals surface area contributed by atoms with Crippen LogP contribution in [0.3, 0.4) is 0 Å². The summed E-state index contributed by atoms with van der Waals surface area (Å²) in [5, 5.41) is 6.35. The number of hydrogen-bond donors (Lipinski definition) is 1. The minimum atomic E-state index is -2.66. The van der Waals surface area contributed by atoms with Gasteiger partial charge < -0.3 is 10.1 Å². The van der Waals surface area contributed by atoms with Gasteiger partial charge >= 0.3 is 0 Å². The van der Waals surface area contributed by atoms with Crippen molar-refractivity contribution in [3.63, 3.8) is 0 Å². The number of alkyl halides is 2. The number of hydrogen-bond acceptors (Lipinski definition) is 3. The second kappa shape index (κ2) is 6.78. The summed E-state index contributed by atoms with van der Waals surface area (Å²) in [4.78, 5) is 11.9. The van der Waals surface area contributed by atoms with Crippen molar-refractivity contribution in [1.29, 1.82) is 0 Å². The number of aryl methyl sites for hydroxylation is 1. The molecule has 1 amide bonds. The second-order valence-corrected chi connectivity index (χ2v) is 5.01. The van der Waals surface area contributed by atoms with Crippen molar-refractivity contribution >= 4 is 5.91 Å². The molecule has 1 fully saturated rings. The third-order valence-corrected chi connectivity index (χ3v) is 3.45. The maximum Gasteiger partial charge on any atom is 0.282 e. The van der Waals surface area contributed by atoms with Gasteiger partial charge in [0.1, 0.15) is 11.4 Å². The van der Waals surface area contributed by atoms with Crippen LogP contribution in [0.15, 0.2) is 6.07 Å². The molecule has 0 saturated carbocycles. The molecule has 1 N–H and O–H groups in total. The SMILES string of the molecule is Cn1nc(C(F)F)cc1C(=O)NCCC1CCCOC1. The van der Waals surface area contributed by atoms with Gasteiger partial charge in [-0.1, -0.05) is 0 Å². The number of ether oxygens (including phenoxy) is 1. The van der Waals surface area contributed by atoms with E-state index in [1.54, 1.807) is 0 Å². The van der Waals surface area contributed by atoms with Gasteiger partial charge in [0.05, 0.1) is 0 Å². The molecule has 20 heavy (non-hydrogen) atoms. The molecule has 0 aromatic carbocycles. The molecule has 2 heterocycles. The summed E-state index contributed by atoms with van der Waals surface area (Å²) in [5.41, 5.74) is -0.224. The lowest BCUT2D eigenvalue weighted by molar-refractivity contribution is 0.0514. The first-order valence-corrected chi connectivity index (χ1v) is 6.76. The topological polar surface area (TPSA) is 56.2 Å². The molecule has 1 aromatic heterocycles. The lowest BCUT2D eigenvalue weighted by Gasteiger charge is -2.21. The lowest BCUT2D eigenvalue weighted by atomic mass is 9.99. The molecule has 1 atom stereocenters. The van der Waals surface area contributed by atoms with E-state index in [4.69, 9.17) is 4.74 Å². The zero-order chi connectivity index (χ0) is 14.5. The highest BCUT2D eigenvalue weighted by Crippen LogP contribution is 2.18. The van der Waals surface area contributed by atoms with Gasteiger partial charge in [-0.05, 0) is 31.2 Å². The van der Waals surface area contributed by atoms with Crippen LogP contribution in [0.4, 0.5) is 8.78 Å². The summed E-state index contributed by atoms with van der Waals surface area (Å²) < 4.78 is 31.5. The van der Waals surface area contributed by atoms with Gasteiger partial charge in [-0.3, -0.25) is 9.48 Å². The number of carbonyl (C=O) groups excluding carboxylic acids is 1. The predicted molar refractivity (Wildman–Crippen MR) is 68.7 cm³/mol. The van der Waals surface area contributed by atoms with Crippen molar-refractivity contribution in [2.24, 2.45) is 13.0 Å². The van der Waals surface area contributed by atoms with E-state index >= 15 is 0 Å². The third-order valence-electron chi connectivity index (χ3n) is 3.45. The van der Waals surface area contributed by atoms with Crippen LogP contribution in [-0.2, 0) is 11.8 Å². The first-order chi connectivity index (χ1) is 9.58. The molecule has 1 saturated heterocycles. The van der Waals surface area contributed by atoms with Crippen molar-refractivity contribution in [3.05, 3.63) is 17.5 Å². The molecule has 5 nitrogen and oxygen atoms in total. The minimum Gasteiger partial charge on any atom is -0.381 e. The normalized spacial score (nSPS) is 19.3. The summed E-state index contributed by atoms with van der Waals surface area (Å²) in [6.45, 7) is 2.06. The van der Waals surface area contributed by atoms with Gasteiger partial charge in [0.15, 0.2) is 0 Å². The summed E-state index contributed by atoms with van der Waals surface area (Å²) in [6.07, 6.45) is 0.336. The maximum absolute atomic E-state index is 12.5. The van der Waals surface area contributed by atoms with Crippen molar-refractivity contribution < 1.29 is 18.3 Å². The molecule has 1 aliphatic heterocycles. The van der Waals surface area contributed by atoms with E-state index in [0.717, 1.165) is 38.5 Å². The van der Waals surface area contributed by atoms with E-state index in [1.165, 1.54) is 11.7 Å². The zero-order valence-electron chi connectivity index (χ0n) is 11.4. The number of nitrogens with zero attached hydrogens (tertiary/aromatic N) is 2. The van der Waals surface area contributed by atoms with E-state index in [-0.39, 0.29) is 17.3 Å². The van der Waals surface area contributed by atoms with Gasteiger partial charge in [-0.15, -0.1) is 0 Å². The van der Waals surface area contributed by atoms with E-state index in [9.17, 15) is 13.6 Å². The molecule has 0 bridgehead atoms. The number of nitrogens with one attached hydrogen (secondary N) is 1. The fourth-order valence-electron chi connectivity index (χ4n) is 2.32. The van der Waals surface area contributed by atoms with E-state index in [0.29, 0.717) is 12.5 Å². The molecule has 1 aliphatic rings. The Balaban J connectivity index is 1.82. The van der Waals surface area contributed by atoms with E-state index in [1.807, 2.05) is 0 Å². The Labute approximate surface area is 116 Å². The summed E-state index contributed by atoms with van der Waals surface area (Å²) in [6, 6.07) is 1.13. The van der Waals surface area contributed by atoms with Gasteiger partial charge in [0.25, 0.3) is 12.3 Å². The highest BCUT2D eigenvalue weighted by molar-refractivity contribution is 5.92. The Kier molecular flexibility index (Phi) is 5.05. The van der Waals surface area contributed by atoms with Crippen molar-refractivity contribution in [2.75, 3.05) is 19.8 Å². The lowest BCUT2D eigenvalue weighted by Crippen LogP contribution is -2.29. The van der Waals surface area contributed by atoms with Crippen LogP contribution in [-0.4, -0.2) is 35.4 Å². The molecule has 7 heteroatoms. The third kappa shape index (κ3) is 3.75. The van der Waals surface area contributed by atoms with Gasteiger partial charge in [-0.2, -0.15) is 5.10 Å². The van der Waals surface area contributed by atoms with Crippen LogP contribution < -0.4 is 5.32 Å². The van der Waals surface area contributed by atoms with Gasteiger partial charge in [0.2, 0.25) is 0 Å². The fourth-order valence-corrected chi connectivity index (χ4v) is 2.32. The van der Waals surface area contributed by atoms with Crippen LogP contribution in [0, 0.1) is 5.92 Å². The van der Waals surface area contributed by atoms with E-state index in [2.05, 4.69) is 10.4 Å². The number of amides is 1. The number of halogens is 2. The van der Waals surface area contributed by atoms with Crippen LogP contribution in [0.2, 0.25) is 0 Å². The average Bonchev–Trinajstić information content (AvgIpc) is 2.82. The van der Waals surface area contributed by atoms with Crippen LogP contribution >= 0.6 is 0 Å². The molecule has 1 aromatic rings. The molecule has 2 rings (SSSR count). The first kappa shape index (κ1) is 14.9. The summed E-state index contributed by atoms with van der Waals surface area (Å²) >= 11 is 0. The highest BCUT2D eigenvalue weighted by Gasteiger charge is 2.19. The standard InChI is InChI=1S/C13H19F2N3O2/c1-18-11(7-10(17-18)12(14)15)13(19)16-5-4-9-3-2-6-20-8-9/h7,9,12H,2-6,8H2,1H3,(H,16,19). The largest absolute Gasteiger partial charge is 0.381 e. The fraction of sp³-hybridized carbons (Fsp3) is 0.692. The summed E-state index contributed by atoms with van der Waals surface area (Å²) in [5.74, 6) is 0.0934. The molecule has 0 spiro atoms. The first-order valence-electron chi connectivity index (χ1n) is 6.76. The van der Waals surface area contributed by atoms with Crippen LogP contribution in [0.5, 0.6) is 0 Å². The molecule has 1 unspecified atom stereocenters. The monoisotopic (exact) mass is 287 g/mol. The molecule has 0 aliphatic carbocycles. The van der Waals surface area contributed by atoms with Gasteiger partial charge in [0, 0.05) is 26.8 Å². The summed E-state index contributed by atoms with van der Waals surface area (Å²) in [7, 11) is 1.48. The minimum absolute atomic E-state index is 0.153. The predicted octanol–water partition coefficient (Wildman–Crippen LogP) is 1.90. The smallest absolute Gasteiger partial charge is 0.282 e. The van der Waals surface area contributed by atoms with Crippen molar-refractivity contribution in [1.82, 2.24) is 15.1 Å². The number of rotatable bonds is 5. The number of carbonyl (C=O) groups is 1. The highest BCUT2D eigenvalue weighted by atomic mass is 19.3. The quantitative estimate of drug-likeness (QED) is 0.900. The Morgan fingerprint density at radius 1 is 1.65 bits per heavy atom. The average molecular weight is 287 g/mol. The molecule has 0 radical (unpaired) electrons. The Morgan fingerprint density at radius 2 is 2.45 bits per heavy atom. The van der Waals surface area contributed by atoms with Gasteiger partial charge in [-0.25, -0.2) is 8.78 Å². The maximum atomic E-state index is 12.5. The van der Waals surface area contributed by atoms with Crippen molar-refractivity contribution in [3.8, 4) is 0 Å². The van der Waals surface area contributed by atoms with Crippen LogP contribution in [0.1, 0.15) is 41.9 Å². The molecular formula is C13H19F2N3O2. The Bertz CT molecular complexity index is 456. The molecule has 112 valence electrons. The van der Waals surface area contributed by atoms with Crippen LogP contribution in [0.25, 0.3) is 0 Å². The Morgan fingerprint density at radius 3 is 3.05 bits per heavy atom. The number of aromatic nitrogens is 2. The Hall–Kier alpha value is -1.50. The second-order valence-electron chi connectivity index (χ2n) is 5.01. The van der Waals surface area contributed by atoms with Crippen molar-refractivity contribution in [2.45, 2.75) is 25.7 Å². The van der Waals surface area contributed by atoms with E-state index < -0.39 is 6.43 Å². The zero-order valence-corrected chi connectivity index (χ0v) is 11.4. The molecular weight excluding hydrogens is 268 g/mol.